The first-order chi connectivity index (χ1) is 11.8. The molecule has 1 saturated carbocycles. The summed E-state index contributed by atoms with van der Waals surface area (Å²) in [6.07, 6.45) is 7.70. The molecule has 0 unspecified atom stereocenters. The van der Waals surface area contributed by atoms with Crippen LogP contribution in [0.1, 0.15) is 38.5 Å². The molecule has 1 aliphatic carbocycles. The molecule has 0 spiro atoms. The van der Waals surface area contributed by atoms with E-state index in [1.165, 1.54) is 38.6 Å². The van der Waals surface area contributed by atoms with Crippen LogP contribution in [-0.2, 0) is 14.3 Å². The zero-order chi connectivity index (χ0) is 16.4. The first-order valence-corrected chi connectivity index (χ1v) is 9.91. The van der Waals surface area contributed by atoms with E-state index in [1.807, 2.05) is 4.90 Å². The van der Waals surface area contributed by atoms with Gasteiger partial charge in [0.2, 0.25) is 5.91 Å². The summed E-state index contributed by atoms with van der Waals surface area (Å²) in [5.74, 6) is 1.74. The number of carbonyl (C=O) groups excluding carboxylic acids is 1. The zero-order valence-corrected chi connectivity index (χ0v) is 14.9. The molecule has 0 aromatic carbocycles. The number of nitrogens with zero attached hydrogens (tertiary/aromatic N) is 2. The van der Waals surface area contributed by atoms with Crippen molar-refractivity contribution in [3.8, 4) is 0 Å². The van der Waals surface area contributed by atoms with Crippen molar-refractivity contribution in [2.24, 2.45) is 17.3 Å². The second-order valence-electron chi connectivity index (χ2n) is 8.44. The molecule has 4 aliphatic rings. The maximum Gasteiger partial charge on any atom is 0.223 e. The van der Waals surface area contributed by atoms with Gasteiger partial charge in [-0.1, -0.05) is 19.3 Å². The number of hydrogen-bond donors (Lipinski definition) is 0. The fraction of sp³-hybridized carbons (Fsp3) is 0.947. The molecule has 1 amide bonds. The highest BCUT2D eigenvalue weighted by Crippen LogP contribution is 2.45. The van der Waals surface area contributed by atoms with Gasteiger partial charge in [0.25, 0.3) is 0 Å². The molecular weight excluding hydrogens is 304 g/mol. The minimum Gasteiger partial charge on any atom is -0.380 e. The second-order valence-corrected chi connectivity index (χ2v) is 8.44. The van der Waals surface area contributed by atoms with E-state index in [2.05, 4.69) is 4.90 Å². The molecule has 3 aliphatic heterocycles. The topological polar surface area (TPSA) is 42.0 Å². The maximum absolute atomic E-state index is 12.8. The number of ether oxygens (including phenoxy) is 2. The molecule has 3 heterocycles. The lowest BCUT2D eigenvalue weighted by Crippen LogP contribution is -2.44. The molecular formula is C19H32N2O3. The van der Waals surface area contributed by atoms with Crippen LogP contribution in [-0.4, -0.2) is 74.9 Å². The number of carbonyl (C=O) groups is 1. The van der Waals surface area contributed by atoms with Crippen molar-refractivity contribution in [2.75, 3.05) is 59.2 Å². The van der Waals surface area contributed by atoms with Crippen molar-refractivity contribution in [3.63, 3.8) is 0 Å². The van der Waals surface area contributed by atoms with Gasteiger partial charge in [-0.15, -0.1) is 0 Å². The van der Waals surface area contributed by atoms with Gasteiger partial charge in [-0.05, 0) is 18.8 Å². The smallest absolute Gasteiger partial charge is 0.223 e. The Hall–Kier alpha value is -0.650. The van der Waals surface area contributed by atoms with Crippen LogP contribution in [0.4, 0.5) is 0 Å². The van der Waals surface area contributed by atoms with E-state index >= 15 is 0 Å². The lowest BCUT2D eigenvalue weighted by Gasteiger charge is -2.33. The second kappa shape index (κ2) is 7.30. The first-order valence-electron chi connectivity index (χ1n) is 9.91. The van der Waals surface area contributed by atoms with Gasteiger partial charge in [0.1, 0.15) is 0 Å². The molecule has 2 atom stereocenters. The molecule has 0 aromatic heterocycles. The summed E-state index contributed by atoms with van der Waals surface area (Å²) >= 11 is 0. The van der Waals surface area contributed by atoms with Crippen LogP contribution in [0.2, 0.25) is 0 Å². The number of rotatable bonds is 4. The highest BCUT2D eigenvalue weighted by Gasteiger charge is 2.52. The summed E-state index contributed by atoms with van der Waals surface area (Å²) in [6.45, 7) is 7.94. The molecule has 0 radical (unpaired) electrons. The van der Waals surface area contributed by atoms with Gasteiger partial charge in [0, 0.05) is 50.5 Å². The Morgan fingerprint density at radius 2 is 1.88 bits per heavy atom. The fourth-order valence-electron chi connectivity index (χ4n) is 5.29. The fourth-order valence-corrected chi connectivity index (χ4v) is 5.29. The van der Waals surface area contributed by atoms with Crippen LogP contribution in [0.25, 0.3) is 0 Å². The normalized spacial score (nSPS) is 35.3. The minimum absolute atomic E-state index is 0.0735. The Morgan fingerprint density at radius 1 is 1.08 bits per heavy atom. The Bertz CT molecular complexity index is 446. The third-order valence-corrected chi connectivity index (χ3v) is 6.70. The van der Waals surface area contributed by atoms with Gasteiger partial charge in [0.05, 0.1) is 26.4 Å². The van der Waals surface area contributed by atoms with E-state index in [0.29, 0.717) is 31.5 Å². The lowest BCUT2D eigenvalue weighted by atomic mass is 9.77. The van der Waals surface area contributed by atoms with Crippen LogP contribution in [0, 0.1) is 17.3 Å². The Kier molecular flexibility index (Phi) is 5.11. The molecule has 24 heavy (non-hydrogen) atoms. The van der Waals surface area contributed by atoms with E-state index in [-0.39, 0.29) is 5.41 Å². The maximum atomic E-state index is 12.8. The van der Waals surface area contributed by atoms with Gasteiger partial charge >= 0.3 is 0 Å². The van der Waals surface area contributed by atoms with Crippen LogP contribution in [0.5, 0.6) is 0 Å². The third kappa shape index (κ3) is 3.49. The Balaban J connectivity index is 1.36. The zero-order valence-electron chi connectivity index (χ0n) is 14.9. The number of morpholine rings is 1. The summed E-state index contributed by atoms with van der Waals surface area (Å²) in [5.41, 5.74) is 0.0735. The number of amides is 1. The summed E-state index contributed by atoms with van der Waals surface area (Å²) in [4.78, 5) is 17.4. The van der Waals surface area contributed by atoms with Crippen molar-refractivity contribution in [2.45, 2.75) is 38.5 Å². The van der Waals surface area contributed by atoms with Crippen molar-refractivity contribution >= 4 is 5.91 Å². The van der Waals surface area contributed by atoms with Crippen LogP contribution >= 0.6 is 0 Å². The molecule has 136 valence electrons. The molecule has 4 rings (SSSR count). The summed E-state index contributed by atoms with van der Waals surface area (Å²) in [6, 6.07) is 0. The minimum atomic E-state index is 0.0735. The molecule has 0 N–H and O–H groups in total. The third-order valence-electron chi connectivity index (χ3n) is 6.70. The molecule has 4 fully saturated rings. The van der Waals surface area contributed by atoms with E-state index in [4.69, 9.17) is 9.47 Å². The van der Waals surface area contributed by atoms with Crippen LogP contribution in [0.3, 0.4) is 0 Å². The van der Waals surface area contributed by atoms with Crippen LogP contribution < -0.4 is 0 Å². The molecule has 5 nitrogen and oxygen atoms in total. The highest BCUT2D eigenvalue weighted by atomic mass is 16.5. The van der Waals surface area contributed by atoms with E-state index in [1.54, 1.807) is 0 Å². The lowest BCUT2D eigenvalue weighted by molar-refractivity contribution is -0.138. The van der Waals surface area contributed by atoms with Crippen molar-refractivity contribution in [3.05, 3.63) is 0 Å². The average molecular weight is 336 g/mol. The molecule has 0 bridgehead atoms. The quantitative estimate of drug-likeness (QED) is 0.785. The summed E-state index contributed by atoms with van der Waals surface area (Å²) < 4.78 is 11.2. The van der Waals surface area contributed by atoms with Gasteiger partial charge < -0.3 is 19.3 Å². The highest BCUT2D eigenvalue weighted by molar-refractivity contribution is 5.77. The van der Waals surface area contributed by atoms with Crippen LogP contribution in [0.15, 0.2) is 0 Å². The number of hydrogen-bond acceptors (Lipinski definition) is 4. The SMILES string of the molecule is O=C(C[C@]12COC[C@H]1CN(CC1CCCCC1)C2)N1CCOCC1. The Labute approximate surface area is 145 Å². The Morgan fingerprint density at radius 3 is 2.67 bits per heavy atom. The van der Waals surface area contributed by atoms with E-state index < -0.39 is 0 Å². The summed E-state index contributed by atoms with van der Waals surface area (Å²) in [5, 5.41) is 0. The molecule has 5 heteroatoms. The predicted molar refractivity (Wildman–Crippen MR) is 91.8 cm³/mol. The molecule has 0 aromatic rings. The predicted octanol–water partition coefficient (Wildman–Crippen LogP) is 1.76. The standard InChI is InChI=1S/C19H32N2O3/c22-18(21-6-8-23-9-7-21)10-19-14-20(12-17(19)13-24-15-19)11-16-4-2-1-3-5-16/h16-17H,1-15H2/t17-,19+/m1/s1. The van der Waals surface area contributed by atoms with Gasteiger partial charge in [-0.25, -0.2) is 0 Å². The average Bonchev–Trinajstić information content (AvgIpc) is 3.12. The number of fused-ring (bicyclic) bond motifs is 1. The van der Waals surface area contributed by atoms with Crippen molar-refractivity contribution in [1.29, 1.82) is 0 Å². The number of likely N-dealkylation sites (tertiary alicyclic amines) is 1. The largest absolute Gasteiger partial charge is 0.380 e. The van der Waals surface area contributed by atoms with Gasteiger partial charge in [-0.2, -0.15) is 0 Å². The van der Waals surface area contributed by atoms with E-state index in [0.717, 1.165) is 45.3 Å². The summed E-state index contributed by atoms with van der Waals surface area (Å²) in [7, 11) is 0. The molecule has 3 saturated heterocycles. The first kappa shape index (κ1) is 16.8. The van der Waals surface area contributed by atoms with Crippen molar-refractivity contribution < 1.29 is 14.3 Å². The monoisotopic (exact) mass is 336 g/mol. The van der Waals surface area contributed by atoms with E-state index in [9.17, 15) is 4.79 Å². The van der Waals surface area contributed by atoms with Crippen molar-refractivity contribution in [1.82, 2.24) is 9.80 Å². The van der Waals surface area contributed by atoms with Gasteiger partial charge in [0.15, 0.2) is 0 Å². The van der Waals surface area contributed by atoms with Gasteiger partial charge in [-0.3, -0.25) is 4.79 Å².